The maximum absolute atomic E-state index is 12.9. The van der Waals surface area contributed by atoms with Gasteiger partial charge in [-0.2, -0.15) is 0 Å². The van der Waals surface area contributed by atoms with E-state index in [-0.39, 0.29) is 15.5 Å². The minimum absolute atomic E-state index is 0.0300. The predicted octanol–water partition coefficient (Wildman–Crippen LogP) is 6.08. The molecule has 3 rings (SSSR count). The van der Waals surface area contributed by atoms with Gasteiger partial charge in [0, 0.05) is 21.4 Å². The van der Waals surface area contributed by atoms with Gasteiger partial charge in [0.25, 0.3) is 15.9 Å². The van der Waals surface area contributed by atoms with Crippen LogP contribution in [0.4, 0.5) is 11.4 Å². The van der Waals surface area contributed by atoms with E-state index in [1.54, 1.807) is 18.2 Å². The van der Waals surface area contributed by atoms with Gasteiger partial charge < -0.3 is 5.32 Å². The molecule has 5 nitrogen and oxygen atoms in total. The summed E-state index contributed by atoms with van der Waals surface area (Å²) in [5.41, 5.74) is 4.19. The van der Waals surface area contributed by atoms with Crippen molar-refractivity contribution < 1.29 is 13.2 Å². The van der Waals surface area contributed by atoms with E-state index in [9.17, 15) is 13.2 Å². The number of amides is 1. The topological polar surface area (TPSA) is 75.3 Å². The van der Waals surface area contributed by atoms with Gasteiger partial charge in [-0.15, -0.1) is 0 Å². The largest absolute Gasteiger partial charge is 0.322 e. The quantitative estimate of drug-likeness (QED) is 0.439. The first kappa shape index (κ1) is 22.3. The lowest BCUT2D eigenvalue weighted by atomic mass is 10.1. The molecule has 30 heavy (non-hydrogen) atoms. The molecule has 3 aromatic carbocycles. The molecule has 0 radical (unpaired) electrons. The average Bonchev–Trinajstić information content (AvgIpc) is 2.67. The zero-order valence-electron chi connectivity index (χ0n) is 16.6. The van der Waals surface area contributed by atoms with Crippen LogP contribution in [0, 0.1) is 20.8 Å². The first-order chi connectivity index (χ1) is 14.1. The second kappa shape index (κ2) is 8.79. The van der Waals surface area contributed by atoms with Crippen LogP contribution in [0.15, 0.2) is 64.0 Å². The van der Waals surface area contributed by atoms with E-state index in [2.05, 4.69) is 26.0 Å². The maximum Gasteiger partial charge on any atom is 0.263 e. The lowest BCUT2D eigenvalue weighted by molar-refractivity contribution is 0.102. The number of carbonyl (C=O) groups excluding carboxylic acids is 1. The molecule has 0 heterocycles. The van der Waals surface area contributed by atoms with Crippen molar-refractivity contribution in [3.8, 4) is 0 Å². The summed E-state index contributed by atoms with van der Waals surface area (Å²) in [6, 6.07) is 14.8. The van der Waals surface area contributed by atoms with Gasteiger partial charge in [0.1, 0.15) is 4.90 Å². The molecule has 0 bridgehead atoms. The lowest BCUT2D eigenvalue weighted by Gasteiger charge is -2.13. The summed E-state index contributed by atoms with van der Waals surface area (Å²) in [5.74, 6) is -0.434. The minimum atomic E-state index is -3.98. The molecular formula is C22H20BrClN2O3S. The molecule has 0 aromatic heterocycles. The molecule has 0 aliphatic heterocycles. The van der Waals surface area contributed by atoms with Gasteiger partial charge in [0.05, 0.1) is 5.02 Å². The number of hydrogen-bond donors (Lipinski definition) is 2. The van der Waals surface area contributed by atoms with Crippen LogP contribution in [-0.4, -0.2) is 14.3 Å². The highest BCUT2D eigenvalue weighted by Gasteiger charge is 2.21. The molecule has 0 aliphatic rings. The Labute approximate surface area is 189 Å². The number of nitrogens with one attached hydrogen (secondary N) is 2. The fourth-order valence-electron chi connectivity index (χ4n) is 2.79. The van der Waals surface area contributed by atoms with Crippen molar-refractivity contribution >= 4 is 54.8 Å². The van der Waals surface area contributed by atoms with Gasteiger partial charge in [-0.1, -0.05) is 33.6 Å². The van der Waals surface area contributed by atoms with Crippen LogP contribution in [0.25, 0.3) is 0 Å². The molecule has 0 atom stereocenters. The predicted molar refractivity (Wildman–Crippen MR) is 125 cm³/mol. The second-order valence-electron chi connectivity index (χ2n) is 6.97. The normalized spacial score (nSPS) is 11.2. The summed E-state index contributed by atoms with van der Waals surface area (Å²) in [6.07, 6.45) is 0. The molecule has 0 saturated heterocycles. The molecule has 1 amide bonds. The Morgan fingerprint density at radius 2 is 1.53 bits per heavy atom. The Bertz CT molecular complexity index is 1240. The molecule has 0 unspecified atom stereocenters. The van der Waals surface area contributed by atoms with E-state index < -0.39 is 15.9 Å². The monoisotopic (exact) mass is 506 g/mol. The zero-order valence-corrected chi connectivity index (χ0v) is 19.7. The third-order valence-electron chi connectivity index (χ3n) is 4.66. The van der Waals surface area contributed by atoms with Crippen molar-refractivity contribution in [1.29, 1.82) is 0 Å². The molecule has 0 fully saturated rings. The van der Waals surface area contributed by atoms with Crippen LogP contribution < -0.4 is 10.0 Å². The fourth-order valence-corrected chi connectivity index (χ4v) is 4.61. The number of aryl methyl sites for hydroxylation is 3. The highest BCUT2D eigenvalue weighted by molar-refractivity contribution is 9.10. The minimum Gasteiger partial charge on any atom is -0.322 e. The third kappa shape index (κ3) is 5.03. The number of rotatable bonds is 5. The Morgan fingerprint density at radius 1 is 0.867 bits per heavy atom. The van der Waals surface area contributed by atoms with Crippen molar-refractivity contribution in [2.75, 3.05) is 10.0 Å². The highest BCUT2D eigenvalue weighted by atomic mass is 79.9. The molecule has 2 N–H and O–H groups in total. The lowest BCUT2D eigenvalue weighted by Crippen LogP contribution is -2.16. The van der Waals surface area contributed by atoms with Gasteiger partial charge in [0.2, 0.25) is 0 Å². The summed E-state index contributed by atoms with van der Waals surface area (Å²) >= 11 is 9.56. The fraction of sp³-hybridized carbons (Fsp3) is 0.136. The maximum atomic E-state index is 12.9. The standard InChI is InChI=1S/C22H20BrClN2O3S/c1-13-4-6-18(10-14(13)2)26-30(28,29)21-12-16(5-9-20(21)24)22(27)25-17-7-8-19(23)15(3)11-17/h4-12,26H,1-3H3,(H,25,27). The van der Waals surface area contributed by atoms with E-state index in [1.807, 2.05) is 39.0 Å². The summed E-state index contributed by atoms with van der Waals surface area (Å²) in [7, 11) is -3.98. The molecule has 0 spiro atoms. The van der Waals surface area contributed by atoms with Gasteiger partial charge in [-0.3, -0.25) is 9.52 Å². The SMILES string of the molecule is Cc1ccc(NS(=O)(=O)c2cc(C(=O)Nc3ccc(Br)c(C)c3)ccc2Cl)cc1C. The first-order valence-corrected chi connectivity index (χ1v) is 11.7. The van der Waals surface area contributed by atoms with Crippen molar-refractivity contribution in [2.45, 2.75) is 25.7 Å². The van der Waals surface area contributed by atoms with E-state index in [4.69, 9.17) is 11.6 Å². The summed E-state index contributed by atoms with van der Waals surface area (Å²) < 4.78 is 29.3. The molecule has 0 aliphatic carbocycles. The van der Waals surface area contributed by atoms with Crippen molar-refractivity contribution in [3.05, 3.63) is 86.3 Å². The molecular weight excluding hydrogens is 488 g/mol. The number of hydrogen-bond acceptors (Lipinski definition) is 3. The van der Waals surface area contributed by atoms with Crippen LogP contribution in [0.3, 0.4) is 0 Å². The van der Waals surface area contributed by atoms with Gasteiger partial charge in [-0.05, 0) is 86.0 Å². The van der Waals surface area contributed by atoms with Crippen LogP contribution >= 0.6 is 27.5 Å². The van der Waals surface area contributed by atoms with Crippen molar-refractivity contribution in [3.63, 3.8) is 0 Å². The first-order valence-electron chi connectivity index (χ1n) is 9.04. The molecule has 8 heteroatoms. The summed E-state index contributed by atoms with van der Waals surface area (Å²) in [4.78, 5) is 12.5. The van der Waals surface area contributed by atoms with E-state index >= 15 is 0 Å². The Balaban J connectivity index is 1.88. The van der Waals surface area contributed by atoms with E-state index in [0.29, 0.717) is 11.4 Å². The van der Waals surface area contributed by atoms with Crippen molar-refractivity contribution in [1.82, 2.24) is 0 Å². The molecule has 156 valence electrons. The number of sulfonamides is 1. The van der Waals surface area contributed by atoms with Crippen LogP contribution in [0.1, 0.15) is 27.0 Å². The summed E-state index contributed by atoms with van der Waals surface area (Å²) in [5, 5.41) is 2.80. The van der Waals surface area contributed by atoms with Crippen LogP contribution in [0.2, 0.25) is 5.02 Å². The molecule has 0 saturated carbocycles. The highest BCUT2D eigenvalue weighted by Crippen LogP contribution is 2.27. The van der Waals surface area contributed by atoms with Crippen LogP contribution in [-0.2, 0) is 10.0 Å². The smallest absolute Gasteiger partial charge is 0.263 e. The second-order valence-corrected chi connectivity index (χ2v) is 9.88. The Hall–Kier alpha value is -2.35. The van der Waals surface area contributed by atoms with Gasteiger partial charge in [0.15, 0.2) is 0 Å². The van der Waals surface area contributed by atoms with Gasteiger partial charge >= 0.3 is 0 Å². The number of anilines is 2. The van der Waals surface area contributed by atoms with Gasteiger partial charge in [-0.25, -0.2) is 8.42 Å². The summed E-state index contributed by atoms with van der Waals surface area (Å²) in [6.45, 7) is 5.75. The number of benzene rings is 3. The van der Waals surface area contributed by atoms with E-state index in [0.717, 1.165) is 21.2 Å². The molecule has 3 aromatic rings. The number of carbonyl (C=O) groups is 1. The average molecular weight is 508 g/mol. The van der Waals surface area contributed by atoms with Crippen molar-refractivity contribution in [2.24, 2.45) is 0 Å². The Kier molecular flexibility index (Phi) is 6.55. The Morgan fingerprint density at radius 3 is 2.20 bits per heavy atom. The third-order valence-corrected chi connectivity index (χ3v) is 7.41. The van der Waals surface area contributed by atoms with Crippen LogP contribution in [0.5, 0.6) is 0 Å². The zero-order chi connectivity index (χ0) is 22.1. The number of halogens is 2. The van der Waals surface area contributed by atoms with E-state index in [1.165, 1.54) is 18.2 Å².